The topological polar surface area (TPSA) is 70.8 Å². The molecule has 164 valence electrons. The molecule has 0 saturated carbocycles. The van der Waals surface area contributed by atoms with Crippen molar-refractivity contribution in [2.45, 2.75) is 105 Å². The summed E-state index contributed by atoms with van der Waals surface area (Å²) in [4.78, 5) is 11.4. The highest BCUT2D eigenvalue weighted by molar-refractivity contribution is 7.59. The van der Waals surface area contributed by atoms with Gasteiger partial charge in [-0.05, 0) is 68.7 Å². The first-order valence-corrected chi connectivity index (χ1v) is 8.60. The van der Waals surface area contributed by atoms with Gasteiger partial charge < -0.3 is 19.9 Å². The number of nitrogens with two attached hydrogens (primary N) is 1. The van der Waals surface area contributed by atoms with E-state index in [1.807, 2.05) is 62.3 Å². The number of ether oxygens (including phenoxy) is 3. The molecule has 0 aromatic rings. The van der Waals surface area contributed by atoms with E-state index >= 15 is 0 Å². The van der Waals surface area contributed by atoms with Crippen LogP contribution in [-0.4, -0.2) is 42.5 Å². The molecule has 0 aliphatic carbocycles. The molecule has 8 heteroatoms. The van der Waals surface area contributed by atoms with E-state index in [2.05, 4.69) is 0 Å². The van der Waals surface area contributed by atoms with Gasteiger partial charge in [-0.1, -0.05) is 0 Å². The Hall–Kier alpha value is 0.340. The molecule has 0 radical (unpaired) electrons. The van der Waals surface area contributed by atoms with Gasteiger partial charge >= 0.3 is 5.97 Å². The molecule has 0 aliphatic heterocycles. The molecule has 0 spiro atoms. The molecule has 0 rings (SSSR count). The van der Waals surface area contributed by atoms with E-state index in [4.69, 9.17) is 19.9 Å². The van der Waals surface area contributed by atoms with Crippen LogP contribution in [0, 0.1) is 0 Å². The van der Waals surface area contributed by atoms with Crippen LogP contribution < -0.4 is 5.73 Å². The Morgan fingerprint density at radius 2 is 1.27 bits per heavy atom. The zero-order valence-electron chi connectivity index (χ0n) is 18.0. The van der Waals surface area contributed by atoms with Gasteiger partial charge in [0, 0.05) is 13.0 Å². The van der Waals surface area contributed by atoms with E-state index in [-0.39, 0.29) is 69.3 Å². The van der Waals surface area contributed by atoms with E-state index in [1.54, 1.807) is 0 Å². The van der Waals surface area contributed by atoms with Crippen LogP contribution in [0.2, 0.25) is 0 Å². The Morgan fingerprint density at radius 3 is 1.54 bits per heavy atom. The molecule has 0 fully saturated rings. The van der Waals surface area contributed by atoms with E-state index in [0.717, 1.165) is 0 Å². The molecule has 2 N–H and O–H groups in total. The number of carbonyl (C=O) groups is 1. The molecule has 0 saturated heterocycles. The second-order valence-corrected chi connectivity index (χ2v) is 7.35. The summed E-state index contributed by atoms with van der Waals surface area (Å²) in [5.41, 5.74) is 4.91. The van der Waals surface area contributed by atoms with Crippen molar-refractivity contribution in [2.75, 3.05) is 6.54 Å². The van der Waals surface area contributed by atoms with Gasteiger partial charge in [-0.15, -0.1) is 12.4 Å². The van der Waals surface area contributed by atoms with E-state index in [9.17, 15) is 4.79 Å². The normalized spacial score (nSPS) is 12.6. The van der Waals surface area contributed by atoms with Gasteiger partial charge in [0.1, 0.15) is 5.60 Å². The van der Waals surface area contributed by atoms with Gasteiger partial charge in [-0.2, -0.15) is 27.0 Å². The Labute approximate surface area is 181 Å². The van der Waals surface area contributed by atoms with E-state index in [0.29, 0.717) is 25.5 Å². The molecule has 0 unspecified atom stereocenters. The summed E-state index contributed by atoms with van der Waals surface area (Å²) in [6.45, 7) is 18.2. The molecular weight excluding hydrogens is 394 g/mol. The summed E-state index contributed by atoms with van der Waals surface area (Å²) >= 11 is 0. The van der Waals surface area contributed by atoms with Crippen molar-refractivity contribution >= 4 is 45.4 Å². The molecule has 0 aromatic carbocycles. The SMILES string of the molecule is CC(C)O[C@@H](C)CCC(=O)OC(C)(C)C.CC(C)O[C@@H](C)CN.Cl.S.S. The lowest BCUT2D eigenvalue weighted by Crippen LogP contribution is -2.25. The lowest BCUT2D eigenvalue weighted by molar-refractivity contribution is -0.155. The van der Waals surface area contributed by atoms with Crippen molar-refractivity contribution in [3.05, 3.63) is 0 Å². The Morgan fingerprint density at radius 1 is 0.885 bits per heavy atom. The fraction of sp³-hybridized carbons (Fsp3) is 0.944. The third-order valence-corrected chi connectivity index (χ3v) is 2.52. The Kier molecular flexibility index (Phi) is 28.7. The van der Waals surface area contributed by atoms with Crippen molar-refractivity contribution in [2.24, 2.45) is 5.73 Å². The van der Waals surface area contributed by atoms with Gasteiger partial charge in [-0.25, -0.2) is 0 Å². The van der Waals surface area contributed by atoms with Gasteiger partial charge in [0.25, 0.3) is 0 Å². The minimum absolute atomic E-state index is 0. The molecular formula is C18H44ClNO4S2. The van der Waals surface area contributed by atoms with E-state index in [1.165, 1.54) is 0 Å². The third kappa shape index (κ3) is 32.0. The predicted molar refractivity (Wildman–Crippen MR) is 124 cm³/mol. The van der Waals surface area contributed by atoms with Crippen LogP contribution in [0.5, 0.6) is 0 Å². The highest BCUT2D eigenvalue weighted by Crippen LogP contribution is 2.11. The van der Waals surface area contributed by atoms with Gasteiger partial charge in [0.05, 0.1) is 24.4 Å². The first-order chi connectivity index (χ1) is 10.4. The number of carbonyl (C=O) groups excluding carboxylic acids is 1. The second-order valence-electron chi connectivity index (χ2n) is 7.35. The van der Waals surface area contributed by atoms with Gasteiger partial charge in [0.2, 0.25) is 0 Å². The maximum atomic E-state index is 11.4. The van der Waals surface area contributed by atoms with Crippen LogP contribution in [0.4, 0.5) is 0 Å². The van der Waals surface area contributed by atoms with Crippen molar-refractivity contribution in [3.8, 4) is 0 Å². The molecule has 5 nitrogen and oxygen atoms in total. The molecule has 0 amide bonds. The highest BCUT2D eigenvalue weighted by Gasteiger charge is 2.17. The first-order valence-electron chi connectivity index (χ1n) is 8.60. The lowest BCUT2D eigenvalue weighted by atomic mass is 10.2. The van der Waals surface area contributed by atoms with Crippen LogP contribution >= 0.6 is 39.4 Å². The average Bonchev–Trinajstić information content (AvgIpc) is 2.33. The van der Waals surface area contributed by atoms with Gasteiger partial charge in [0.15, 0.2) is 0 Å². The lowest BCUT2D eigenvalue weighted by Gasteiger charge is -2.20. The molecule has 0 heterocycles. The smallest absolute Gasteiger partial charge is 0.306 e. The highest BCUT2D eigenvalue weighted by atomic mass is 35.5. The number of hydrogen-bond acceptors (Lipinski definition) is 5. The Balaban J connectivity index is -0.000000116. The van der Waals surface area contributed by atoms with Crippen LogP contribution in [0.25, 0.3) is 0 Å². The fourth-order valence-corrected chi connectivity index (χ4v) is 1.77. The zero-order valence-corrected chi connectivity index (χ0v) is 20.9. The first kappa shape index (κ1) is 37.1. The minimum Gasteiger partial charge on any atom is -0.460 e. The second kappa shape index (κ2) is 20.1. The summed E-state index contributed by atoms with van der Waals surface area (Å²) < 4.78 is 16.0. The summed E-state index contributed by atoms with van der Waals surface area (Å²) in [5.74, 6) is -0.151. The molecule has 26 heavy (non-hydrogen) atoms. The molecule has 0 bridgehead atoms. The maximum absolute atomic E-state index is 11.4. The summed E-state index contributed by atoms with van der Waals surface area (Å²) in [6, 6.07) is 0. The zero-order chi connectivity index (χ0) is 18.6. The third-order valence-electron chi connectivity index (χ3n) is 2.52. The van der Waals surface area contributed by atoms with Crippen molar-refractivity contribution < 1.29 is 19.0 Å². The van der Waals surface area contributed by atoms with Gasteiger partial charge in [-0.3, -0.25) is 4.79 Å². The monoisotopic (exact) mass is 437 g/mol. The maximum Gasteiger partial charge on any atom is 0.306 e. The largest absolute Gasteiger partial charge is 0.460 e. The quantitative estimate of drug-likeness (QED) is 0.572. The minimum atomic E-state index is -0.390. The van der Waals surface area contributed by atoms with Crippen molar-refractivity contribution in [3.63, 3.8) is 0 Å². The van der Waals surface area contributed by atoms with Crippen LogP contribution in [-0.2, 0) is 19.0 Å². The van der Waals surface area contributed by atoms with Crippen LogP contribution in [0.3, 0.4) is 0 Å². The number of halogens is 1. The Bertz CT molecular complexity index is 314. The fourth-order valence-electron chi connectivity index (χ4n) is 1.77. The standard InChI is InChI=1S/C12H24O3.C6H15NO.ClH.2H2S/c1-9(2)14-10(3)7-8-11(13)15-12(4,5)6;1-5(2)8-6(3)4-7;;;/h9-10H,7-8H2,1-6H3;5-6H,4,7H2,1-3H3;1H;2*1H2/t10-;6-;;;/m00.../s1. The van der Waals surface area contributed by atoms with Crippen molar-refractivity contribution in [1.82, 2.24) is 0 Å². The summed E-state index contributed by atoms with van der Waals surface area (Å²) in [5, 5.41) is 0. The van der Waals surface area contributed by atoms with Crippen molar-refractivity contribution in [1.29, 1.82) is 0 Å². The molecule has 0 aromatic heterocycles. The number of hydrogen-bond donors (Lipinski definition) is 1. The van der Waals surface area contributed by atoms with E-state index < -0.39 is 0 Å². The number of rotatable bonds is 8. The summed E-state index contributed by atoms with van der Waals surface area (Å²) in [6.07, 6.45) is 1.96. The predicted octanol–water partition coefficient (Wildman–Crippen LogP) is 4.33. The molecule has 0 aliphatic rings. The van der Waals surface area contributed by atoms with Crippen LogP contribution in [0.15, 0.2) is 0 Å². The van der Waals surface area contributed by atoms with Crippen LogP contribution in [0.1, 0.15) is 75.2 Å². The molecule has 2 atom stereocenters. The average molecular weight is 438 g/mol. The summed E-state index contributed by atoms with van der Waals surface area (Å²) in [7, 11) is 0. The number of esters is 1.